The molecule has 0 radical (unpaired) electrons. The molecule has 1 aromatic heterocycles. The van der Waals surface area contributed by atoms with E-state index in [9.17, 15) is 0 Å². The standard InChI is InChI=1S/C14H17BrN4/c1-4-16-13-12(15)14(18-8-17-13)19-11-7-9(2)5-6-10(11)3/h5-8H,4H2,1-3H3,(H2,16,17,18,19). The van der Waals surface area contributed by atoms with Crippen LogP contribution < -0.4 is 10.6 Å². The zero-order valence-electron chi connectivity index (χ0n) is 11.3. The number of hydrogen-bond donors (Lipinski definition) is 2. The van der Waals surface area contributed by atoms with Gasteiger partial charge in [0.15, 0.2) is 0 Å². The summed E-state index contributed by atoms with van der Waals surface area (Å²) < 4.78 is 0.845. The third kappa shape index (κ3) is 3.23. The highest BCUT2D eigenvalue weighted by Crippen LogP contribution is 2.30. The van der Waals surface area contributed by atoms with E-state index >= 15 is 0 Å². The summed E-state index contributed by atoms with van der Waals surface area (Å²) in [7, 11) is 0. The highest BCUT2D eigenvalue weighted by molar-refractivity contribution is 9.10. The van der Waals surface area contributed by atoms with Crippen LogP contribution in [-0.4, -0.2) is 16.5 Å². The first-order chi connectivity index (χ1) is 9.11. The molecule has 19 heavy (non-hydrogen) atoms. The predicted molar refractivity (Wildman–Crippen MR) is 83.1 cm³/mol. The number of hydrogen-bond acceptors (Lipinski definition) is 4. The predicted octanol–water partition coefficient (Wildman–Crippen LogP) is 4.03. The van der Waals surface area contributed by atoms with Crippen LogP contribution in [0.3, 0.4) is 0 Å². The van der Waals surface area contributed by atoms with E-state index in [-0.39, 0.29) is 0 Å². The van der Waals surface area contributed by atoms with Crippen LogP contribution in [0.2, 0.25) is 0 Å². The van der Waals surface area contributed by atoms with Gasteiger partial charge in [0, 0.05) is 12.2 Å². The van der Waals surface area contributed by atoms with E-state index in [4.69, 9.17) is 0 Å². The maximum atomic E-state index is 4.28. The molecule has 100 valence electrons. The van der Waals surface area contributed by atoms with Gasteiger partial charge in [0.1, 0.15) is 22.4 Å². The Kier molecular flexibility index (Phi) is 4.37. The van der Waals surface area contributed by atoms with Crippen molar-refractivity contribution in [2.24, 2.45) is 0 Å². The Balaban J connectivity index is 2.33. The van der Waals surface area contributed by atoms with Crippen molar-refractivity contribution in [1.82, 2.24) is 9.97 Å². The molecule has 0 atom stereocenters. The molecule has 2 rings (SSSR count). The number of aryl methyl sites for hydroxylation is 2. The van der Waals surface area contributed by atoms with Crippen molar-refractivity contribution in [3.63, 3.8) is 0 Å². The number of aromatic nitrogens is 2. The van der Waals surface area contributed by atoms with E-state index < -0.39 is 0 Å². The molecular weight excluding hydrogens is 304 g/mol. The second-order valence-corrected chi connectivity index (χ2v) is 5.15. The number of benzene rings is 1. The second kappa shape index (κ2) is 6.02. The van der Waals surface area contributed by atoms with Crippen LogP contribution in [0.5, 0.6) is 0 Å². The van der Waals surface area contributed by atoms with E-state index in [0.717, 1.165) is 28.3 Å². The van der Waals surface area contributed by atoms with E-state index in [1.54, 1.807) is 6.33 Å². The SMILES string of the molecule is CCNc1ncnc(Nc2cc(C)ccc2C)c1Br. The smallest absolute Gasteiger partial charge is 0.150 e. The second-order valence-electron chi connectivity index (χ2n) is 4.36. The molecule has 1 heterocycles. The topological polar surface area (TPSA) is 49.8 Å². The van der Waals surface area contributed by atoms with Crippen LogP contribution in [0, 0.1) is 13.8 Å². The third-order valence-corrected chi connectivity index (χ3v) is 3.53. The van der Waals surface area contributed by atoms with Crippen molar-refractivity contribution in [3.8, 4) is 0 Å². The highest BCUT2D eigenvalue weighted by Gasteiger charge is 2.09. The average molecular weight is 321 g/mol. The van der Waals surface area contributed by atoms with Crippen molar-refractivity contribution >= 4 is 33.3 Å². The summed E-state index contributed by atoms with van der Waals surface area (Å²) in [5.74, 6) is 1.56. The minimum absolute atomic E-state index is 0.764. The van der Waals surface area contributed by atoms with Gasteiger partial charge < -0.3 is 10.6 Å². The lowest BCUT2D eigenvalue weighted by molar-refractivity contribution is 1.10. The number of nitrogens with one attached hydrogen (secondary N) is 2. The van der Waals surface area contributed by atoms with Crippen LogP contribution in [0.1, 0.15) is 18.1 Å². The van der Waals surface area contributed by atoms with Gasteiger partial charge in [-0.3, -0.25) is 0 Å². The van der Waals surface area contributed by atoms with Gasteiger partial charge in [-0.25, -0.2) is 9.97 Å². The fraction of sp³-hybridized carbons (Fsp3) is 0.286. The van der Waals surface area contributed by atoms with E-state index in [2.05, 4.69) is 68.6 Å². The Bertz CT molecular complexity index is 584. The number of nitrogens with zero attached hydrogens (tertiary/aromatic N) is 2. The molecule has 1 aromatic carbocycles. The molecule has 0 saturated carbocycles. The summed E-state index contributed by atoms with van der Waals surface area (Å²) in [6, 6.07) is 6.30. The summed E-state index contributed by atoms with van der Waals surface area (Å²) in [6.07, 6.45) is 1.55. The summed E-state index contributed by atoms with van der Waals surface area (Å²) in [5.41, 5.74) is 3.45. The third-order valence-electron chi connectivity index (χ3n) is 2.78. The summed E-state index contributed by atoms with van der Waals surface area (Å²) in [4.78, 5) is 8.48. The Morgan fingerprint density at radius 3 is 2.63 bits per heavy atom. The quantitative estimate of drug-likeness (QED) is 0.892. The first-order valence-corrected chi connectivity index (χ1v) is 6.99. The van der Waals surface area contributed by atoms with Crippen molar-refractivity contribution < 1.29 is 0 Å². The fourth-order valence-corrected chi connectivity index (χ4v) is 2.19. The molecule has 0 spiro atoms. The van der Waals surface area contributed by atoms with Crippen LogP contribution in [0.15, 0.2) is 29.0 Å². The van der Waals surface area contributed by atoms with E-state index in [0.29, 0.717) is 0 Å². The zero-order valence-corrected chi connectivity index (χ0v) is 12.9. The number of halogens is 1. The summed E-state index contributed by atoms with van der Waals surface area (Å²) in [5, 5.41) is 6.53. The van der Waals surface area contributed by atoms with Gasteiger partial charge in [-0.05, 0) is 53.9 Å². The number of rotatable bonds is 4. The maximum absolute atomic E-state index is 4.28. The fourth-order valence-electron chi connectivity index (χ4n) is 1.75. The van der Waals surface area contributed by atoms with Gasteiger partial charge in [-0.15, -0.1) is 0 Å². The lowest BCUT2D eigenvalue weighted by atomic mass is 10.1. The molecule has 0 aliphatic rings. The molecule has 4 nitrogen and oxygen atoms in total. The van der Waals surface area contributed by atoms with E-state index in [1.807, 2.05) is 6.92 Å². The first-order valence-electron chi connectivity index (χ1n) is 6.20. The van der Waals surface area contributed by atoms with Gasteiger partial charge >= 0.3 is 0 Å². The Morgan fingerprint density at radius 1 is 1.16 bits per heavy atom. The maximum Gasteiger partial charge on any atom is 0.150 e. The molecule has 0 bridgehead atoms. The van der Waals surface area contributed by atoms with Gasteiger partial charge in [0.05, 0.1) is 0 Å². The summed E-state index contributed by atoms with van der Waals surface area (Å²) >= 11 is 3.53. The lowest BCUT2D eigenvalue weighted by Crippen LogP contribution is -2.04. The molecule has 0 aliphatic heterocycles. The zero-order chi connectivity index (χ0) is 13.8. The molecule has 0 unspecified atom stereocenters. The molecule has 0 fully saturated rings. The van der Waals surface area contributed by atoms with Crippen molar-refractivity contribution in [1.29, 1.82) is 0 Å². The highest BCUT2D eigenvalue weighted by atomic mass is 79.9. The van der Waals surface area contributed by atoms with Crippen molar-refractivity contribution in [2.75, 3.05) is 17.2 Å². The van der Waals surface area contributed by atoms with E-state index in [1.165, 1.54) is 11.1 Å². The van der Waals surface area contributed by atoms with Crippen LogP contribution >= 0.6 is 15.9 Å². The molecule has 2 aromatic rings. The van der Waals surface area contributed by atoms with Gasteiger partial charge in [0.2, 0.25) is 0 Å². The molecular formula is C14H17BrN4. The molecule has 0 aliphatic carbocycles. The average Bonchev–Trinajstić information content (AvgIpc) is 2.39. The molecule has 2 N–H and O–H groups in total. The van der Waals surface area contributed by atoms with Gasteiger partial charge in [0.25, 0.3) is 0 Å². The van der Waals surface area contributed by atoms with Crippen molar-refractivity contribution in [3.05, 3.63) is 40.1 Å². The lowest BCUT2D eigenvalue weighted by Gasteiger charge is -2.13. The Hall–Kier alpha value is -1.62. The van der Waals surface area contributed by atoms with Crippen LogP contribution in [0.25, 0.3) is 0 Å². The Labute approximate surface area is 121 Å². The number of anilines is 3. The largest absolute Gasteiger partial charge is 0.369 e. The first kappa shape index (κ1) is 13.8. The molecule has 0 saturated heterocycles. The van der Waals surface area contributed by atoms with Gasteiger partial charge in [-0.2, -0.15) is 0 Å². The minimum Gasteiger partial charge on any atom is -0.369 e. The molecule has 5 heteroatoms. The molecule has 0 amide bonds. The summed E-state index contributed by atoms with van der Waals surface area (Å²) in [6.45, 7) is 7.00. The minimum atomic E-state index is 0.764. The van der Waals surface area contributed by atoms with Crippen LogP contribution in [-0.2, 0) is 0 Å². The normalized spacial score (nSPS) is 10.3. The van der Waals surface area contributed by atoms with Gasteiger partial charge in [-0.1, -0.05) is 12.1 Å². The van der Waals surface area contributed by atoms with Crippen molar-refractivity contribution in [2.45, 2.75) is 20.8 Å². The Morgan fingerprint density at radius 2 is 1.89 bits per heavy atom. The monoisotopic (exact) mass is 320 g/mol. The van der Waals surface area contributed by atoms with Crippen LogP contribution in [0.4, 0.5) is 17.3 Å².